The van der Waals surface area contributed by atoms with E-state index >= 15 is 0 Å². The van der Waals surface area contributed by atoms with Crippen LogP contribution in [0.15, 0.2) is 66.7 Å². The van der Waals surface area contributed by atoms with Crippen molar-refractivity contribution in [2.24, 2.45) is 0 Å². The van der Waals surface area contributed by atoms with E-state index in [1.54, 1.807) is 42.5 Å². The Morgan fingerprint density at radius 1 is 1.10 bits per heavy atom. The molecule has 6 nitrogen and oxygen atoms in total. The van der Waals surface area contributed by atoms with Gasteiger partial charge in [-0.1, -0.05) is 30.3 Å². The zero-order chi connectivity index (χ0) is 20.4. The maximum Gasteiger partial charge on any atom is 0.259 e. The molecule has 1 heterocycles. The number of phenols is 1. The Balaban J connectivity index is 1.62. The molecule has 0 spiro atoms. The molecule has 0 bridgehead atoms. The number of amides is 2. The van der Waals surface area contributed by atoms with E-state index in [9.17, 15) is 14.7 Å². The second kappa shape index (κ2) is 7.67. The van der Waals surface area contributed by atoms with Gasteiger partial charge in [-0.05, 0) is 47.5 Å². The third kappa shape index (κ3) is 3.78. The first-order valence-electron chi connectivity index (χ1n) is 9.22. The van der Waals surface area contributed by atoms with Gasteiger partial charge in [0.25, 0.3) is 5.91 Å². The summed E-state index contributed by atoms with van der Waals surface area (Å²) in [7, 11) is 1.52. The van der Waals surface area contributed by atoms with Gasteiger partial charge in [-0.3, -0.25) is 9.59 Å². The normalized spacial score (nSPS) is 15.2. The number of methoxy groups -OCH3 is 1. The molecular weight excluding hydrogens is 368 g/mol. The van der Waals surface area contributed by atoms with Crippen LogP contribution in [-0.2, 0) is 4.79 Å². The lowest BCUT2D eigenvalue weighted by molar-refractivity contribution is -0.116. The highest BCUT2D eigenvalue weighted by molar-refractivity contribution is 6.06. The van der Waals surface area contributed by atoms with E-state index in [0.29, 0.717) is 29.1 Å². The van der Waals surface area contributed by atoms with Gasteiger partial charge in [-0.15, -0.1) is 0 Å². The van der Waals surface area contributed by atoms with Crippen LogP contribution in [0.5, 0.6) is 11.5 Å². The highest BCUT2D eigenvalue weighted by atomic mass is 16.5. The number of hydrogen-bond acceptors (Lipinski definition) is 4. The van der Waals surface area contributed by atoms with Crippen molar-refractivity contribution >= 4 is 23.2 Å². The third-order valence-electron chi connectivity index (χ3n) is 5.00. The molecule has 3 N–H and O–H groups in total. The van der Waals surface area contributed by atoms with Gasteiger partial charge in [0.2, 0.25) is 5.91 Å². The molecular formula is C23H20N2O4. The van der Waals surface area contributed by atoms with Crippen molar-refractivity contribution in [1.29, 1.82) is 0 Å². The number of fused-ring (bicyclic) bond motifs is 1. The number of aromatic hydroxyl groups is 1. The molecule has 1 aliphatic heterocycles. The number of carbonyl (C=O) groups excluding carboxylic acids is 2. The number of nitrogens with one attached hydrogen (secondary N) is 2. The van der Waals surface area contributed by atoms with Crippen LogP contribution in [0, 0.1) is 0 Å². The van der Waals surface area contributed by atoms with Crippen LogP contribution in [0.25, 0.3) is 0 Å². The number of ether oxygens (including phenoxy) is 1. The van der Waals surface area contributed by atoms with E-state index in [-0.39, 0.29) is 23.5 Å². The highest BCUT2D eigenvalue weighted by Gasteiger charge is 2.27. The fourth-order valence-corrected chi connectivity index (χ4v) is 3.58. The average molecular weight is 388 g/mol. The molecule has 1 aliphatic rings. The van der Waals surface area contributed by atoms with E-state index in [4.69, 9.17) is 4.74 Å². The molecule has 2 amide bonds. The van der Waals surface area contributed by atoms with Gasteiger partial charge in [0, 0.05) is 23.7 Å². The summed E-state index contributed by atoms with van der Waals surface area (Å²) in [4.78, 5) is 24.9. The number of anilines is 2. The number of carbonyl (C=O) groups is 2. The van der Waals surface area contributed by atoms with Crippen molar-refractivity contribution in [3.63, 3.8) is 0 Å². The molecule has 6 heteroatoms. The van der Waals surface area contributed by atoms with Gasteiger partial charge in [-0.25, -0.2) is 0 Å². The molecule has 0 fully saturated rings. The van der Waals surface area contributed by atoms with E-state index in [0.717, 1.165) is 11.1 Å². The quantitative estimate of drug-likeness (QED) is 0.627. The van der Waals surface area contributed by atoms with Crippen LogP contribution in [0.2, 0.25) is 0 Å². The number of phenolic OH excluding ortho intramolecular Hbond substituents is 1. The molecule has 0 saturated carbocycles. The Bertz CT molecular complexity index is 1080. The molecule has 1 unspecified atom stereocenters. The molecule has 4 rings (SSSR count). The fraction of sp³-hybridized carbons (Fsp3) is 0.130. The second-order valence-electron chi connectivity index (χ2n) is 6.85. The lowest BCUT2D eigenvalue weighted by Gasteiger charge is -2.26. The summed E-state index contributed by atoms with van der Waals surface area (Å²) < 4.78 is 5.24. The Morgan fingerprint density at radius 2 is 1.86 bits per heavy atom. The summed E-state index contributed by atoms with van der Waals surface area (Å²) in [6, 6.07) is 19.3. The Hall–Kier alpha value is -3.80. The van der Waals surface area contributed by atoms with Crippen LogP contribution in [0.4, 0.5) is 11.4 Å². The number of para-hydroxylation sites is 1. The number of benzene rings is 3. The SMILES string of the molecule is COc1ccccc1C(=O)Nc1ccc2c(c1)NC(=O)CC2c1ccc(O)cc1. The van der Waals surface area contributed by atoms with Gasteiger partial charge >= 0.3 is 0 Å². The lowest BCUT2D eigenvalue weighted by atomic mass is 9.84. The van der Waals surface area contributed by atoms with E-state index in [1.807, 2.05) is 24.3 Å². The Labute approximate surface area is 168 Å². The van der Waals surface area contributed by atoms with E-state index in [2.05, 4.69) is 10.6 Å². The van der Waals surface area contributed by atoms with Crippen LogP contribution in [0.1, 0.15) is 33.8 Å². The first-order valence-corrected chi connectivity index (χ1v) is 9.22. The van der Waals surface area contributed by atoms with Crippen molar-refractivity contribution in [1.82, 2.24) is 0 Å². The molecule has 0 radical (unpaired) electrons. The maximum atomic E-state index is 12.6. The minimum atomic E-state index is -0.292. The first-order chi connectivity index (χ1) is 14.0. The number of rotatable bonds is 4. The summed E-state index contributed by atoms with van der Waals surface area (Å²) in [5.41, 5.74) is 3.58. The maximum absolute atomic E-state index is 12.6. The molecule has 29 heavy (non-hydrogen) atoms. The largest absolute Gasteiger partial charge is 0.508 e. The highest BCUT2D eigenvalue weighted by Crippen LogP contribution is 2.38. The predicted molar refractivity (Wildman–Crippen MR) is 111 cm³/mol. The van der Waals surface area contributed by atoms with Crippen LogP contribution in [0.3, 0.4) is 0 Å². The molecule has 146 valence electrons. The summed E-state index contributed by atoms with van der Waals surface area (Å²) in [6.45, 7) is 0. The molecule has 3 aromatic carbocycles. The Morgan fingerprint density at radius 3 is 2.62 bits per heavy atom. The van der Waals surface area contributed by atoms with Crippen molar-refractivity contribution < 1.29 is 19.4 Å². The predicted octanol–water partition coefficient (Wildman–Crippen LogP) is 4.13. The number of hydrogen-bond donors (Lipinski definition) is 3. The van der Waals surface area contributed by atoms with Crippen molar-refractivity contribution in [3.8, 4) is 11.5 Å². The molecule has 0 aromatic heterocycles. The van der Waals surface area contributed by atoms with Crippen LogP contribution in [-0.4, -0.2) is 24.0 Å². The van der Waals surface area contributed by atoms with Crippen LogP contribution >= 0.6 is 0 Å². The summed E-state index contributed by atoms with van der Waals surface area (Å²) >= 11 is 0. The van der Waals surface area contributed by atoms with Crippen LogP contribution < -0.4 is 15.4 Å². The van der Waals surface area contributed by atoms with Crippen molar-refractivity contribution in [3.05, 3.63) is 83.4 Å². The molecule has 0 aliphatic carbocycles. The monoisotopic (exact) mass is 388 g/mol. The topological polar surface area (TPSA) is 87.7 Å². The fourth-order valence-electron chi connectivity index (χ4n) is 3.58. The minimum absolute atomic E-state index is 0.0937. The van der Waals surface area contributed by atoms with Crippen molar-refractivity contribution in [2.75, 3.05) is 17.7 Å². The smallest absolute Gasteiger partial charge is 0.259 e. The van der Waals surface area contributed by atoms with E-state index in [1.165, 1.54) is 7.11 Å². The van der Waals surface area contributed by atoms with Gasteiger partial charge < -0.3 is 20.5 Å². The lowest BCUT2D eigenvalue weighted by Crippen LogP contribution is -2.24. The van der Waals surface area contributed by atoms with Gasteiger partial charge in [0.05, 0.1) is 12.7 Å². The summed E-state index contributed by atoms with van der Waals surface area (Å²) in [6.07, 6.45) is 0.324. The van der Waals surface area contributed by atoms with Crippen molar-refractivity contribution in [2.45, 2.75) is 12.3 Å². The minimum Gasteiger partial charge on any atom is -0.508 e. The van der Waals surface area contributed by atoms with Gasteiger partial charge in [0.1, 0.15) is 11.5 Å². The molecule has 0 saturated heterocycles. The molecule has 3 aromatic rings. The summed E-state index contributed by atoms with van der Waals surface area (Å²) in [5, 5.41) is 15.3. The molecule has 1 atom stereocenters. The zero-order valence-corrected chi connectivity index (χ0v) is 15.8. The van der Waals surface area contributed by atoms with E-state index < -0.39 is 0 Å². The summed E-state index contributed by atoms with van der Waals surface area (Å²) in [5.74, 6) is 0.175. The zero-order valence-electron chi connectivity index (χ0n) is 15.8. The average Bonchev–Trinajstić information content (AvgIpc) is 2.73. The second-order valence-corrected chi connectivity index (χ2v) is 6.85. The Kier molecular flexibility index (Phi) is 4.91. The van der Waals surface area contributed by atoms with Gasteiger partial charge in [-0.2, -0.15) is 0 Å². The first kappa shape index (κ1) is 18.6. The van der Waals surface area contributed by atoms with Gasteiger partial charge in [0.15, 0.2) is 0 Å². The standard InChI is InChI=1S/C23H20N2O4/c1-29-21-5-3-2-4-18(21)23(28)24-15-8-11-17-19(13-22(27)25-20(17)12-15)14-6-9-16(26)10-7-14/h2-12,19,26H,13H2,1H3,(H,24,28)(H,25,27). The third-order valence-corrected chi connectivity index (χ3v) is 5.00.